The van der Waals surface area contributed by atoms with Crippen LogP contribution in [-0.2, 0) is 21.2 Å². The number of carbonyl (C=O) groups is 1. The number of sulfonamides is 1. The molecule has 0 saturated heterocycles. The van der Waals surface area contributed by atoms with Crippen molar-refractivity contribution in [2.75, 3.05) is 0 Å². The number of hydrogen-bond donors (Lipinski definition) is 2. The highest BCUT2D eigenvalue weighted by molar-refractivity contribution is 7.91. The summed E-state index contributed by atoms with van der Waals surface area (Å²) in [6.45, 7) is 1.66. The lowest BCUT2D eigenvalue weighted by Crippen LogP contribution is -2.55. The predicted molar refractivity (Wildman–Crippen MR) is 120 cm³/mol. The number of aliphatic carboxylic acids is 1. The molecular weight excluding hydrogens is 434 g/mol. The maximum absolute atomic E-state index is 13.1. The van der Waals surface area contributed by atoms with Gasteiger partial charge in [-0.25, -0.2) is 13.4 Å². The van der Waals surface area contributed by atoms with Gasteiger partial charge in [0.2, 0.25) is 0 Å². The SMILES string of the molecule is CC[C@@](Cc1ccccc1)(NS(=O)(=O)c1cn2cc(-c3ccccc3)nc2s1)C(=O)O. The highest BCUT2D eigenvalue weighted by Crippen LogP contribution is 2.28. The van der Waals surface area contributed by atoms with E-state index in [9.17, 15) is 18.3 Å². The summed E-state index contributed by atoms with van der Waals surface area (Å²) in [7, 11) is -4.08. The zero-order chi connectivity index (χ0) is 22.1. The van der Waals surface area contributed by atoms with E-state index in [1.54, 1.807) is 41.8 Å². The first-order valence-electron chi connectivity index (χ1n) is 9.68. The van der Waals surface area contributed by atoms with Crippen molar-refractivity contribution >= 4 is 32.3 Å². The third kappa shape index (κ3) is 4.25. The van der Waals surface area contributed by atoms with Crippen LogP contribution in [0.3, 0.4) is 0 Å². The van der Waals surface area contributed by atoms with Gasteiger partial charge in [-0.3, -0.25) is 9.20 Å². The third-order valence-electron chi connectivity index (χ3n) is 5.16. The fourth-order valence-electron chi connectivity index (χ4n) is 3.40. The lowest BCUT2D eigenvalue weighted by Gasteiger charge is -2.29. The summed E-state index contributed by atoms with van der Waals surface area (Å²) in [5.74, 6) is -1.21. The number of imidazole rings is 1. The van der Waals surface area contributed by atoms with Gasteiger partial charge in [0.05, 0.1) is 5.69 Å². The molecule has 4 rings (SSSR count). The van der Waals surface area contributed by atoms with E-state index in [1.807, 2.05) is 36.4 Å². The lowest BCUT2D eigenvalue weighted by atomic mass is 9.89. The number of carboxylic acids is 1. The average molecular weight is 456 g/mol. The maximum Gasteiger partial charge on any atom is 0.325 e. The average Bonchev–Trinajstić information content (AvgIpc) is 3.34. The zero-order valence-corrected chi connectivity index (χ0v) is 18.4. The van der Waals surface area contributed by atoms with Crippen molar-refractivity contribution in [1.29, 1.82) is 0 Å². The van der Waals surface area contributed by atoms with Crippen molar-refractivity contribution in [2.45, 2.75) is 29.5 Å². The van der Waals surface area contributed by atoms with Gasteiger partial charge in [0.1, 0.15) is 5.54 Å². The molecule has 2 aromatic carbocycles. The normalized spacial score (nSPS) is 13.8. The van der Waals surface area contributed by atoms with Crippen molar-refractivity contribution in [3.8, 4) is 11.3 Å². The van der Waals surface area contributed by atoms with Gasteiger partial charge in [-0.2, -0.15) is 4.72 Å². The summed E-state index contributed by atoms with van der Waals surface area (Å²) >= 11 is 0.997. The molecule has 2 heterocycles. The van der Waals surface area contributed by atoms with Crippen molar-refractivity contribution in [2.24, 2.45) is 0 Å². The quantitative estimate of drug-likeness (QED) is 0.421. The molecule has 0 fully saturated rings. The number of fused-ring (bicyclic) bond motifs is 1. The molecule has 0 unspecified atom stereocenters. The molecule has 7 nitrogen and oxygen atoms in total. The molecule has 0 aliphatic rings. The number of thiazole rings is 1. The Bertz CT molecular complexity index is 1280. The molecule has 4 aromatic rings. The van der Waals surface area contributed by atoms with Gasteiger partial charge in [-0.15, -0.1) is 0 Å². The van der Waals surface area contributed by atoms with Crippen LogP contribution in [0.25, 0.3) is 16.2 Å². The van der Waals surface area contributed by atoms with Crippen LogP contribution in [0.2, 0.25) is 0 Å². The van der Waals surface area contributed by atoms with Crippen molar-refractivity contribution in [3.05, 3.63) is 78.6 Å². The molecule has 0 spiro atoms. The molecule has 1 atom stereocenters. The Labute approximate surface area is 184 Å². The van der Waals surface area contributed by atoms with Crippen LogP contribution in [0, 0.1) is 0 Å². The summed E-state index contributed by atoms with van der Waals surface area (Å²) in [5.41, 5.74) is 0.755. The summed E-state index contributed by atoms with van der Waals surface area (Å²) in [6, 6.07) is 18.6. The summed E-state index contributed by atoms with van der Waals surface area (Å²) in [4.78, 5) is 17.2. The first kappa shape index (κ1) is 21.2. The number of carboxylic acid groups (broad SMARTS) is 1. The molecule has 31 heavy (non-hydrogen) atoms. The Balaban J connectivity index is 1.65. The van der Waals surface area contributed by atoms with Crippen LogP contribution in [0.4, 0.5) is 0 Å². The van der Waals surface area contributed by atoms with E-state index in [1.165, 1.54) is 6.20 Å². The highest BCUT2D eigenvalue weighted by Gasteiger charge is 2.41. The van der Waals surface area contributed by atoms with Crippen LogP contribution in [0.5, 0.6) is 0 Å². The number of hydrogen-bond acceptors (Lipinski definition) is 5. The van der Waals surface area contributed by atoms with E-state index in [0.717, 1.165) is 28.2 Å². The molecule has 0 amide bonds. The summed E-state index contributed by atoms with van der Waals surface area (Å²) < 4.78 is 30.4. The molecule has 0 saturated carbocycles. The molecule has 0 radical (unpaired) electrons. The predicted octanol–water partition coefficient (Wildman–Crippen LogP) is 3.82. The summed E-state index contributed by atoms with van der Waals surface area (Å²) in [5, 5.41) is 9.92. The molecule has 2 N–H and O–H groups in total. The van der Waals surface area contributed by atoms with E-state index >= 15 is 0 Å². The third-order valence-corrected chi connectivity index (χ3v) is 8.15. The highest BCUT2D eigenvalue weighted by atomic mass is 32.2. The Morgan fingerprint density at radius 3 is 2.32 bits per heavy atom. The van der Waals surface area contributed by atoms with Gasteiger partial charge in [0.15, 0.2) is 9.17 Å². The molecule has 2 aromatic heterocycles. The zero-order valence-electron chi connectivity index (χ0n) is 16.7. The standard InChI is InChI=1S/C22H21N3O4S2/c1-2-22(20(26)27,13-16-9-5-3-6-10-16)24-31(28,29)19-15-25-14-18(23-21(25)30-19)17-11-7-4-8-12-17/h3-12,14-15,24H,2,13H2,1H3,(H,26,27)/t22-/m0/s1. The van der Waals surface area contributed by atoms with Crippen LogP contribution >= 0.6 is 11.3 Å². The minimum absolute atomic E-state index is 0.0155. The number of nitrogens with one attached hydrogen (secondary N) is 1. The second-order valence-corrected chi connectivity index (χ2v) is 10.2. The van der Waals surface area contributed by atoms with Crippen molar-refractivity contribution in [1.82, 2.24) is 14.1 Å². The Hall–Kier alpha value is -3.01. The molecule has 0 aliphatic heterocycles. The van der Waals surface area contributed by atoms with E-state index in [4.69, 9.17) is 0 Å². The van der Waals surface area contributed by atoms with Crippen molar-refractivity contribution < 1.29 is 18.3 Å². The fraction of sp³-hybridized carbons (Fsp3) is 0.182. The molecule has 0 bridgehead atoms. The lowest BCUT2D eigenvalue weighted by molar-refractivity contribution is -0.144. The Morgan fingerprint density at radius 2 is 1.74 bits per heavy atom. The minimum atomic E-state index is -4.08. The van der Waals surface area contributed by atoms with Gasteiger partial charge < -0.3 is 5.11 Å². The second kappa shape index (κ2) is 8.26. The molecular formula is C22H21N3O4S2. The van der Waals surface area contributed by atoms with Gasteiger partial charge >= 0.3 is 5.97 Å². The van der Waals surface area contributed by atoms with Gasteiger partial charge in [-0.1, -0.05) is 78.9 Å². The van der Waals surface area contributed by atoms with E-state index in [-0.39, 0.29) is 17.1 Å². The fourth-order valence-corrected chi connectivity index (χ4v) is 6.06. The molecule has 160 valence electrons. The largest absolute Gasteiger partial charge is 0.480 e. The first-order valence-corrected chi connectivity index (χ1v) is 12.0. The first-order chi connectivity index (χ1) is 14.8. The minimum Gasteiger partial charge on any atom is -0.480 e. The van der Waals surface area contributed by atoms with Crippen LogP contribution in [0.15, 0.2) is 77.3 Å². The Kier molecular flexibility index (Phi) is 5.65. The smallest absolute Gasteiger partial charge is 0.325 e. The van der Waals surface area contributed by atoms with Crippen LogP contribution in [-0.4, -0.2) is 34.4 Å². The van der Waals surface area contributed by atoms with Crippen LogP contribution in [0.1, 0.15) is 18.9 Å². The van der Waals surface area contributed by atoms with E-state index in [2.05, 4.69) is 9.71 Å². The van der Waals surface area contributed by atoms with Gasteiger partial charge in [0, 0.05) is 24.4 Å². The number of nitrogens with zero attached hydrogens (tertiary/aromatic N) is 2. The monoisotopic (exact) mass is 455 g/mol. The van der Waals surface area contributed by atoms with E-state index < -0.39 is 21.5 Å². The van der Waals surface area contributed by atoms with Crippen LogP contribution < -0.4 is 4.72 Å². The summed E-state index contributed by atoms with van der Waals surface area (Å²) in [6.07, 6.45) is 3.36. The topological polar surface area (TPSA) is 101 Å². The second-order valence-electron chi connectivity index (χ2n) is 7.24. The number of aromatic nitrogens is 2. The maximum atomic E-state index is 13.1. The molecule has 0 aliphatic carbocycles. The number of benzene rings is 2. The Morgan fingerprint density at radius 1 is 1.10 bits per heavy atom. The molecule has 9 heteroatoms. The van der Waals surface area contributed by atoms with Gasteiger partial charge in [-0.05, 0) is 12.0 Å². The van der Waals surface area contributed by atoms with E-state index in [0.29, 0.717) is 4.96 Å². The number of rotatable bonds is 8. The van der Waals surface area contributed by atoms with Crippen molar-refractivity contribution in [3.63, 3.8) is 0 Å². The van der Waals surface area contributed by atoms with Gasteiger partial charge in [0.25, 0.3) is 10.0 Å².